The standard InChI is InChI=1S/C13H12Cl3NO2/c1-3-5-11(19-12(17)13(14,15)16)9-6-4-7-10(8-9)18-2/h1,4,6-8,11,17H,5H2,2H3. The molecule has 0 radical (unpaired) electrons. The van der Waals surface area contributed by atoms with E-state index in [4.69, 9.17) is 56.1 Å². The molecule has 1 N–H and O–H groups in total. The summed E-state index contributed by atoms with van der Waals surface area (Å²) in [6, 6.07) is 7.14. The van der Waals surface area contributed by atoms with Crippen LogP contribution in [-0.2, 0) is 4.74 Å². The van der Waals surface area contributed by atoms with Crippen LogP contribution in [0.1, 0.15) is 18.1 Å². The highest BCUT2D eigenvalue weighted by Gasteiger charge is 2.31. The maximum atomic E-state index is 7.58. The van der Waals surface area contributed by atoms with Crippen LogP contribution in [0.3, 0.4) is 0 Å². The molecule has 0 spiro atoms. The van der Waals surface area contributed by atoms with E-state index in [9.17, 15) is 0 Å². The minimum absolute atomic E-state index is 0.246. The lowest BCUT2D eigenvalue weighted by molar-refractivity contribution is 0.191. The van der Waals surface area contributed by atoms with E-state index in [2.05, 4.69) is 5.92 Å². The number of rotatable bonds is 4. The fraction of sp³-hybridized carbons (Fsp3) is 0.308. The molecule has 1 aromatic rings. The van der Waals surface area contributed by atoms with Crippen LogP contribution < -0.4 is 4.74 Å². The zero-order valence-electron chi connectivity index (χ0n) is 10.1. The van der Waals surface area contributed by atoms with Crippen molar-refractivity contribution >= 4 is 40.7 Å². The summed E-state index contributed by atoms with van der Waals surface area (Å²) in [4.78, 5) is 0. The van der Waals surface area contributed by atoms with Crippen LogP contribution in [-0.4, -0.2) is 16.8 Å². The normalized spacial score (nSPS) is 12.4. The highest BCUT2D eigenvalue weighted by molar-refractivity contribution is 6.76. The van der Waals surface area contributed by atoms with Gasteiger partial charge in [0, 0.05) is 0 Å². The van der Waals surface area contributed by atoms with E-state index >= 15 is 0 Å². The SMILES string of the molecule is C#CCC(OC(=N)C(Cl)(Cl)Cl)c1cccc(OC)c1. The van der Waals surface area contributed by atoms with Crippen LogP contribution in [0, 0.1) is 17.8 Å². The van der Waals surface area contributed by atoms with Gasteiger partial charge in [-0.05, 0) is 17.7 Å². The Labute approximate surface area is 127 Å². The minimum atomic E-state index is -1.91. The number of halogens is 3. The molecule has 102 valence electrons. The molecular weight excluding hydrogens is 309 g/mol. The summed E-state index contributed by atoms with van der Waals surface area (Å²) in [7, 11) is 1.56. The number of hydrogen-bond acceptors (Lipinski definition) is 3. The maximum Gasteiger partial charge on any atom is 0.265 e. The molecule has 0 aliphatic carbocycles. The topological polar surface area (TPSA) is 42.3 Å². The van der Waals surface area contributed by atoms with Crippen molar-refractivity contribution < 1.29 is 9.47 Å². The fourth-order valence-electron chi connectivity index (χ4n) is 1.39. The Bertz CT molecular complexity index is 491. The number of nitrogens with one attached hydrogen (secondary N) is 1. The van der Waals surface area contributed by atoms with E-state index in [1.54, 1.807) is 31.4 Å². The Morgan fingerprint density at radius 3 is 2.68 bits per heavy atom. The van der Waals surface area contributed by atoms with Crippen LogP contribution in [0.25, 0.3) is 0 Å². The fourth-order valence-corrected chi connectivity index (χ4v) is 1.52. The van der Waals surface area contributed by atoms with Gasteiger partial charge in [-0.3, -0.25) is 5.41 Å². The van der Waals surface area contributed by atoms with Gasteiger partial charge in [0.2, 0.25) is 5.90 Å². The molecule has 6 heteroatoms. The second-order valence-corrected chi connectivity index (χ2v) is 5.90. The molecular formula is C13H12Cl3NO2. The molecule has 3 nitrogen and oxygen atoms in total. The molecule has 1 aromatic carbocycles. The molecule has 1 unspecified atom stereocenters. The minimum Gasteiger partial charge on any atom is -0.497 e. The maximum absolute atomic E-state index is 7.58. The van der Waals surface area contributed by atoms with Crippen molar-refractivity contribution in [1.29, 1.82) is 5.41 Å². The van der Waals surface area contributed by atoms with Gasteiger partial charge in [-0.15, -0.1) is 12.3 Å². The molecule has 0 bridgehead atoms. The van der Waals surface area contributed by atoms with Crippen LogP contribution in [0.5, 0.6) is 5.75 Å². The number of hydrogen-bond donors (Lipinski definition) is 1. The third kappa shape index (κ3) is 4.83. The van der Waals surface area contributed by atoms with E-state index in [1.165, 1.54) is 0 Å². The first-order chi connectivity index (χ1) is 8.88. The number of alkyl halides is 3. The van der Waals surface area contributed by atoms with Gasteiger partial charge in [-0.25, -0.2) is 0 Å². The highest BCUT2D eigenvalue weighted by Crippen LogP contribution is 2.32. The van der Waals surface area contributed by atoms with Crippen LogP contribution in [0.2, 0.25) is 0 Å². The van der Waals surface area contributed by atoms with Crippen molar-refractivity contribution in [3.8, 4) is 18.1 Å². The molecule has 0 saturated carbocycles. The van der Waals surface area contributed by atoms with Crippen LogP contribution in [0.4, 0.5) is 0 Å². The molecule has 0 heterocycles. The number of ether oxygens (including phenoxy) is 2. The van der Waals surface area contributed by atoms with E-state index in [0.717, 1.165) is 5.56 Å². The average Bonchev–Trinajstić information content (AvgIpc) is 2.37. The molecule has 0 aliphatic heterocycles. The zero-order chi connectivity index (χ0) is 14.5. The predicted molar refractivity (Wildman–Crippen MR) is 78.3 cm³/mol. The highest BCUT2D eigenvalue weighted by atomic mass is 35.6. The quantitative estimate of drug-likeness (QED) is 0.392. The van der Waals surface area contributed by atoms with Crippen LogP contribution >= 0.6 is 34.8 Å². The van der Waals surface area contributed by atoms with Gasteiger partial charge in [-0.2, -0.15) is 0 Å². The molecule has 1 rings (SSSR count). The van der Waals surface area contributed by atoms with Gasteiger partial charge in [0.25, 0.3) is 3.79 Å². The van der Waals surface area contributed by atoms with Crippen LogP contribution in [0.15, 0.2) is 24.3 Å². The Kier molecular flexibility index (Phi) is 5.81. The molecule has 0 aliphatic rings. The van der Waals surface area contributed by atoms with Crippen molar-refractivity contribution in [3.63, 3.8) is 0 Å². The Morgan fingerprint density at radius 1 is 1.47 bits per heavy atom. The summed E-state index contributed by atoms with van der Waals surface area (Å²) < 4.78 is 8.54. The van der Waals surface area contributed by atoms with Crippen molar-refractivity contribution in [2.24, 2.45) is 0 Å². The first-order valence-electron chi connectivity index (χ1n) is 5.28. The van der Waals surface area contributed by atoms with Gasteiger partial charge in [-0.1, -0.05) is 46.9 Å². The molecule has 19 heavy (non-hydrogen) atoms. The number of methoxy groups -OCH3 is 1. The van der Waals surface area contributed by atoms with E-state index in [-0.39, 0.29) is 6.42 Å². The first-order valence-corrected chi connectivity index (χ1v) is 6.41. The Balaban J connectivity index is 2.94. The van der Waals surface area contributed by atoms with Crippen molar-refractivity contribution in [2.75, 3.05) is 7.11 Å². The van der Waals surface area contributed by atoms with Gasteiger partial charge in [0.1, 0.15) is 11.9 Å². The monoisotopic (exact) mass is 319 g/mol. The lowest BCUT2D eigenvalue weighted by Gasteiger charge is -2.21. The van der Waals surface area contributed by atoms with Crippen molar-refractivity contribution in [3.05, 3.63) is 29.8 Å². The largest absolute Gasteiger partial charge is 0.497 e. The Morgan fingerprint density at radius 2 is 2.16 bits per heavy atom. The number of terminal acetylenes is 1. The van der Waals surface area contributed by atoms with Gasteiger partial charge in [0.05, 0.1) is 13.5 Å². The smallest absolute Gasteiger partial charge is 0.265 e. The molecule has 1 atom stereocenters. The number of benzene rings is 1. The molecule has 0 saturated heterocycles. The zero-order valence-corrected chi connectivity index (χ0v) is 12.4. The average molecular weight is 321 g/mol. The molecule has 0 aromatic heterocycles. The second kappa shape index (κ2) is 6.91. The lowest BCUT2D eigenvalue weighted by atomic mass is 10.1. The summed E-state index contributed by atoms with van der Waals surface area (Å²) in [6.45, 7) is 0. The van der Waals surface area contributed by atoms with Crippen molar-refractivity contribution in [2.45, 2.75) is 16.3 Å². The second-order valence-electron chi connectivity index (χ2n) is 3.62. The summed E-state index contributed by atoms with van der Waals surface area (Å²) in [5.74, 6) is 2.65. The summed E-state index contributed by atoms with van der Waals surface area (Å²) in [5, 5.41) is 7.58. The van der Waals surface area contributed by atoms with Gasteiger partial charge >= 0.3 is 0 Å². The van der Waals surface area contributed by atoms with E-state index < -0.39 is 15.8 Å². The van der Waals surface area contributed by atoms with Gasteiger partial charge < -0.3 is 9.47 Å². The van der Waals surface area contributed by atoms with E-state index in [1.807, 2.05) is 0 Å². The third-order valence-electron chi connectivity index (χ3n) is 2.29. The Hall–Kier alpha value is -1.08. The lowest BCUT2D eigenvalue weighted by Crippen LogP contribution is -2.23. The van der Waals surface area contributed by atoms with E-state index in [0.29, 0.717) is 5.75 Å². The summed E-state index contributed by atoms with van der Waals surface area (Å²) in [5.41, 5.74) is 0.747. The third-order valence-corrected chi connectivity index (χ3v) is 2.80. The molecule has 0 fully saturated rings. The first kappa shape index (κ1) is 16.0. The summed E-state index contributed by atoms with van der Waals surface area (Å²) in [6.07, 6.45) is 4.97. The van der Waals surface area contributed by atoms with Crippen molar-refractivity contribution in [1.82, 2.24) is 0 Å². The van der Waals surface area contributed by atoms with Gasteiger partial charge in [0.15, 0.2) is 0 Å². The molecule has 0 amide bonds. The predicted octanol–water partition coefficient (Wildman–Crippen LogP) is 4.12. The summed E-state index contributed by atoms with van der Waals surface area (Å²) >= 11 is 16.7.